The molecule has 170 valence electrons. The number of fused-ring (bicyclic) bond motifs is 1. The normalized spacial score (nSPS) is 18.5. The largest absolute Gasteiger partial charge is 0.503 e. The van der Waals surface area contributed by atoms with Gasteiger partial charge in [-0.05, 0) is 61.3 Å². The Labute approximate surface area is 192 Å². The van der Waals surface area contributed by atoms with Gasteiger partial charge in [-0.3, -0.25) is 9.48 Å². The van der Waals surface area contributed by atoms with Gasteiger partial charge in [0.1, 0.15) is 11.3 Å². The second kappa shape index (κ2) is 8.86. The molecule has 7 nitrogen and oxygen atoms in total. The number of carbonyl (C=O) groups excluding carboxylic acids is 1. The number of phenols is 1. The topological polar surface area (TPSA) is 92.9 Å². The molecule has 1 aliphatic carbocycles. The summed E-state index contributed by atoms with van der Waals surface area (Å²) >= 11 is 1.35. The third-order valence-electron chi connectivity index (χ3n) is 6.15. The Bertz CT molecular complexity index is 1280. The summed E-state index contributed by atoms with van der Waals surface area (Å²) < 4.78 is 33.1. The molecule has 2 aromatic heterocycles. The van der Waals surface area contributed by atoms with Crippen molar-refractivity contribution < 1.29 is 18.7 Å². The van der Waals surface area contributed by atoms with E-state index in [1.165, 1.54) is 11.5 Å². The summed E-state index contributed by atoms with van der Waals surface area (Å²) in [6.07, 6.45) is 7.30. The van der Waals surface area contributed by atoms with Gasteiger partial charge < -0.3 is 10.4 Å². The highest BCUT2D eigenvalue weighted by Crippen LogP contribution is 2.33. The van der Waals surface area contributed by atoms with Crippen molar-refractivity contribution in [2.45, 2.75) is 31.7 Å². The maximum absolute atomic E-state index is 13.5. The van der Waals surface area contributed by atoms with Crippen LogP contribution in [0.5, 0.6) is 5.75 Å². The summed E-state index contributed by atoms with van der Waals surface area (Å²) in [7, 11) is 0. The first-order chi connectivity index (χ1) is 16.0. The van der Waals surface area contributed by atoms with Crippen molar-refractivity contribution in [3.8, 4) is 16.3 Å². The number of benzene rings is 2. The first kappa shape index (κ1) is 21.4. The van der Waals surface area contributed by atoms with Gasteiger partial charge in [0.05, 0.1) is 11.6 Å². The number of phenolic OH excluding ortho intramolecular Hbond substituents is 1. The fourth-order valence-corrected chi connectivity index (χ4v) is 4.83. The Morgan fingerprint density at radius 1 is 1.15 bits per heavy atom. The van der Waals surface area contributed by atoms with E-state index in [0.29, 0.717) is 6.54 Å². The fourth-order valence-electron chi connectivity index (χ4n) is 4.30. The minimum absolute atomic E-state index is 0.146. The minimum Gasteiger partial charge on any atom is -0.503 e. The van der Waals surface area contributed by atoms with Crippen LogP contribution < -0.4 is 5.32 Å². The zero-order valence-corrected chi connectivity index (χ0v) is 18.4. The zero-order chi connectivity index (χ0) is 22.9. The number of rotatable bonds is 5. The minimum atomic E-state index is -1.15. The number of aromatic hydroxyl groups is 1. The van der Waals surface area contributed by atoms with E-state index >= 15 is 0 Å². The predicted octanol–water partition coefficient (Wildman–Crippen LogP) is 4.70. The molecule has 0 unspecified atom stereocenters. The van der Waals surface area contributed by atoms with Crippen LogP contribution in [-0.4, -0.2) is 36.7 Å². The first-order valence-corrected chi connectivity index (χ1v) is 11.5. The summed E-state index contributed by atoms with van der Waals surface area (Å²) in [4.78, 5) is 16.5. The second-order valence-corrected chi connectivity index (χ2v) is 9.08. The molecule has 5 rings (SSSR count). The van der Waals surface area contributed by atoms with Gasteiger partial charge >= 0.3 is 0 Å². The average Bonchev–Trinajstić information content (AvgIpc) is 3.50. The highest BCUT2D eigenvalue weighted by Gasteiger charge is 2.24. The highest BCUT2D eigenvalue weighted by molar-refractivity contribution is 7.09. The molecule has 1 saturated carbocycles. The molecular formula is C23H21F2N5O2S. The number of aromatic nitrogens is 4. The van der Waals surface area contributed by atoms with Crippen LogP contribution in [0.15, 0.2) is 42.9 Å². The molecule has 0 saturated heterocycles. The van der Waals surface area contributed by atoms with E-state index < -0.39 is 23.3 Å². The molecule has 0 radical (unpaired) electrons. The van der Waals surface area contributed by atoms with Gasteiger partial charge in [-0.2, -0.15) is 9.47 Å². The van der Waals surface area contributed by atoms with Crippen LogP contribution in [0.25, 0.3) is 21.5 Å². The lowest BCUT2D eigenvalue weighted by atomic mass is 9.86. The molecule has 10 heteroatoms. The molecule has 0 bridgehead atoms. The first-order valence-electron chi connectivity index (χ1n) is 10.7. The molecular weight excluding hydrogens is 448 g/mol. The van der Waals surface area contributed by atoms with E-state index in [1.807, 2.05) is 22.9 Å². The highest BCUT2D eigenvalue weighted by atomic mass is 32.1. The van der Waals surface area contributed by atoms with Crippen LogP contribution in [-0.2, 0) is 0 Å². The van der Waals surface area contributed by atoms with Gasteiger partial charge in [0.2, 0.25) is 0 Å². The van der Waals surface area contributed by atoms with Gasteiger partial charge in [0.25, 0.3) is 5.91 Å². The van der Waals surface area contributed by atoms with Crippen LogP contribution in [0.2, 0.25) is 0 Å². The van der Waals surface area contributed by atoms with Crippen molar-refractivity contribution in [1.82, 2.24) is 24.5 Å². The number of amides is 1. The van der Waals surface area contributed by atoms with Gasteiger partial charge in [0, 0.05) is 29.3 Å². The van der Waals surface area contributed by atoms with Gasteiger partial charge in [-0.1, -0.05) is 12.1 Å². The maximum Gasteiger partial charge on any atom is 0.251 e. The Morgan fingerprint density at radius 3 is 2.61 bits per heavy atom. The van der Waals surface area contributed by atoms with Crippen molar-refractivity contribution in [2.24, 2.45) is 5.92 Å². The molecule has 0 spiro atoms. The molecule has 33 heavy (non-hydrogen) atoms. The lowest BCUT2D eigenvalue weighted by molar-refractivity contribution is 0.0940. The number of nitrogens with one attached hydrogen (secondary N) is 1. The van der Waals surface area contributed by atoms with E-state index in [1.54, 1.807) is 6.33 Å². The molecule has 1 amide bonds. The molecule has 0 aliphatic heterocycles. The number of halogens is 2. The van der Waals surface area contributed by atoms with Crippen LogP contribution in [0.4, 0.5) is 8.78 Å². The van der Waals surface area contributed by atoms with Crippen molar-refractivity contribution in [2.75, 3.05) is 6.54 Å². The third kappa shape index (κ3) is 4.43. The Hall–Kier alpha value is -3.40. The van der Waals surface area contributed by atoms with Crippen molar-refractivity contribution in [3.05, 3.63) is 60.1 Å². The zero-order valence-electron chi connectivity index (χ0n) is 17.5. The molecule has 2 aromatic carbocycles. The molecule has 2 heterocycles. The number of carbonyl (C=O) groups is 1. The van der Waals surface area contributed by atoms with Gasteiger partial charge in [-0.25, -0.2) is 13.8 Å². The van der Waals surface area contributed by atoms with Gasteiger partial charge in [0.15, 0.2) is 17.4 Å². The molecule has 1 aliphatic rings. The molecule has 4 aromatic rings. The standard InChI is InChI=1S/C23H21F2N5O2S/c24-18-7-16(8-19(25)21(18)31)22(32)26-10-13-1-5-17(6-2-13)30-11-15-4-3-14(9-20(15)29-30)23-27-12-28-33-23/h3-4,7-9,11-13,17,31H,1-2,5-6,10H2,(H,26,32)/t13-,17-. The average molecular weight is 470 g/mol. The molecule has 1 fully saturated rings. The van der Waals surface area contributed by atoms with Crippen molar-refractivity contribution in [1.29, 1.82) is 0 Å². The van der Waals surface area contributed by atoms with E-state index in [-0.39, 0.29) is 17.5 Å². The predicted molar refractivity (Wildman–Crippen MR) is 120 cm³/mol. The van der Waals surface area contributed by atoms with Gasteiger partial charge in [-0.15, -0.1) is 0 Å². The monoisotopic (exact) mass is 469 g/mol. The van der Waals surface area contributed by atoms with Crippen LogP contribution >= 0.6 is 11.5 Å². The summed E-state index contributed by atoms with van der Waals surface area (Å²) in [6, 6.07) is 8.07. The van der Waals surface area contributed by atoms with Crippen molar-refractivity contribution >= 4 is 28.3 Å². The van der Waals surface area contributed by atoms with Crippen LogP contribution in [0, 0.1) is 17.6 Å². The lowest BCUT2D eigenvalue weighted by Crippen LogP contribution is -2.31. The van der Waals surface area contributed by atoms with Crippen molar-refractivity contribution in [3.63, 3.8) is 0 Å². The second-order valence-electron chi connectivity index (χ2n) is 8.30. The number of nitrogens with zero attached hydrogens (tertiary/aromatic N) is 4. The Morgan fingerprint density at radius 2 is 1.91 bits per heavy atom. The third-order valence-corrected chi connectivity index (χ3v) is 6.87. The van der Waals surface area contributed by atoms with E-state index in [4.69, 9.17) is 5.10 Å². The Kier molecular flexibility index (Phi) is 5.76. The van der Waals surface area contributed by atoms with E-state index in [9.17, 15) is 18.7 Å². The molecule has 2 N–H and O–H groups in total. The number of hydrogen-bond acceptors (Lipinski definition) is 6. The Balaban J connectivity index is 1.18. The summed E-state index contributed by atoms with van der Waals surface area (Å²) in [5, 5.41) is 18.7. The summed E-state index contributed by atoms with van der Waals surface area (Å²) in [5.74, 6) is -3.65. The summed E-state index contributed by atoms with van der Waals surface area (Å²) in [5.41, 5.74) is 1.78. The smallest absolute Gasteiger partial charge is 0.251 e. The van der Waals surface area contributed by atoms with E-state index in [0.717, 1.165) is 59.3 Å². The molecule has 0 atom stereocenters. The fraction of sp³-hybridized carbons (Fsp3) is 0.304. The maximum atomic E-state index is 13.5. The SMILES string of the molecule is O=C(NC[C@H]1CC[C@H](n2cc3ccc(-c4ncns4)cc3n2)CC1)c1cc(F)c(O)c(F)c1. The summed E-state index contributed by atoms with van der Waals surface area (Å²) in [6.45, 7) is 0.432. The van der Waals surface area contributed by atoms with Crippen LogP contribution in [0.1, 0.15) is 42.1 Å². The van der Waals surface area contributed by atoms with Crippen LogP contribution in [0.3, 0.4) is 0 Å². The lowest BCUT2D eigenvalue weighted by Gasteiger charge is -2.28. The number of hydrogen-bond donors (Lipinski definition) is 2. The quantitative estimate of drug-likeness (QED) is 0.442. The van der Waals surface area contributed by atoms with E-state index in [2.05, 4.69) is 20.9 Å².